The minimum Gasteiger partial charge on any atom is -0.427 e. The van der Waals surface area contributed by atoms with Gasteiger partial charge in [0, 0.05) is 6.92 Å². The van der Waals surface area contributed by atoms with Gasteiger partial charge in [-0.1, -0.05) is 12.1 Å². The standard InChI is InChI=1S/C11H11FO2/c1-8(13)14-10-4-2-9(3-5-10)11(12)6-7-11/h2-5H,6-7H2,1H3. The van der Waals surface area contributed by atoms with Crippen molar-refractivity contribution in [3.8, 4) is 5.75 Å². The fourth-order valence-electron chi connectivity index (χ4n) is 1.39. The molecule has 0 aromatic heterocycles. The van der Waals surface area contributed by atoms with Crippen molar-refractivity contribution in [2.45, 2.75) is 25.4 Å². The minimum atomic E-state index is -1.12. The number of ether oxygens (including phenoxy) is 1. The van der Waals surface area contributed by atoms with Crippen LogP contribution >= 0.6 is 0 Å². The van der Waals surface area contributed by atoms with Crippen LogP contribution in [-0.4, -0.2) is 5.97 Å². The van der Waals surface area contributed by atoms with Crippen LogP contribution in [0.25, 0.3) is 0 Å². The molecule has 2 rings (SSSR count). The Morgan fingerprint density at radius 3 is 2.36 bits per heavy atom. The molecular weight excluding hydrogens is 183 g/mol. The summed E-state index contributed by atoms with van der Waals surface area (Å²) in [7, 11) is 0. The summed E-state index contributed by atoms with van der Waals surface area (Å²) >= 11 is 0. The number of carbonyl (C=O) groups is 1. The van der Waals surface area contributed by atoms with E-state index in [0.717, 1.165) is 0 Å². The summed E-state index contributed by atoms with van der Waals surface area (Å²) in [4.78, 5) is 10.6. The summed E-state index contributed by atoms with van der Waals surface area (Å²) in [6.07, 6.45) is 1.19. The van der Waals surface area contributed by atoms with E-state index in [1.807, 2.05) is 0 Å². The summed E-state index contributed by atoms with van der Waals surface area (Å²) in [5.41, 5.74) is -0.442. The molecule has 0 unspecified atom stereocenters. The Morgan fingerprint density at radius 1 is 1.36 bits per heavy atom. The maximum Gasteiger partial charge on any atom is 0.308 e. The van der Waals surface area contributed by atoms with E-state index in [-0.39, 0.29) is 5.97 Å². The van der Waals surface area contributed by atoms with Crippen molar-refractivity contribution in [1.29, 1.82) is 0 Å². The molecule has 1 aromatic carbocycles. The lowest BCUT2D eigenvalue weighted by Gasteiger charge is -2.06. The van der Waals surface area contributed by atoms with E-state index in [1.165, 1.54) is 6.92 Å². The lowest BCUT2D eigenvalue weighted by molar-refractivity contribution is -0.131. The third-order valence-corrected chi connectivity index (χ3v) is 2.32. The van der Waals surface area contributed by atoms with Gasteiger partial charge in [-0.05, 0) is 30.5 Å². The summed E-state index contributed by atoms with van der Waals surface area (Å²) in [6.45, 7) is 1.34. The summed E-state index contributed by atoms with van der Waals surface area (Å²) in [5.74, 6) is 0.102. The molecule has 2 nitrogen and oxygen atoms in total. The van der Waals surface area contributed by atoms with E-state index in [1.54, 1.807) is 24.3 Å². The lowest BCUT2D eigenvalue weighted by atomic mass is 10.1. The zero-order chi connectivity index (χ0) is 10.2. The zero-order valence-electron chi connectivity index (χ0n) is 7.92. The van der Waals surface area contributed by atoms with E-state index >= 15 is 0 Å². The van der Waals surface area contributed by atoms with Gasteiger partial charge in [0.15, 0.2) is 0 Å². The molecule has 0 saturated heterocycles. The second kappa shape index (κ2) is 3.08. The number of halogens is 1. The molecule has 1 aliphatic rings. The Balaban J connectivity index is 2.14. The number of hydrogen-bond acceptors (Lipinski definition) is 2. The molecule has 1 aliphatic carbocycles. The van der Waals surface area contributed by atoms with Crippen molar-refractivity contribution < 1.29 is 13.9 Å². The lowest BCUT2D eigenvalue weighted by Crippen LogP contribution is -2.02. The van der Waals surface area contributed by atoms with Gasteiger partial charge in [0.1, 0.15) is 11.4 Å². The van der Waals surface area contributed by atoms with Crippen LogP contribution < -0.4 is 4.74 Å². The van der Waals surface area contributed by atoms with Gasteiger partial charge in [0.05, 0.1) is 0 Å². The molecule has 1 aromatic rings. The van der Waals surface area contributed by atoms with Crippen LogP contribution in [0.15, 0.2) is 24.3 Å². The number of esters is 1. The molecule has 0 amide bonds. The fourth-order valence-corrected chi connectivity index (χ4v) is 1.39. The molecule has 0 spiro atoms. The van der Waals surface area contributed by atoms with Crippen LogP contribution in [-0.2, 0) is 10.5 Å². The molecular formula is C11H11FO2. The average Bonchev–Trinajstić information content (AvgIpc) is 2.85. The van der Waals surface area contributed by atoms with Gasteiger partial charge >= 0.3 is 5.97 Å². The maximum atomic E-state index is 13.5. The molecule has 0 atom stereocenters. The van der Waals surface area contributed by atoms with Crippen molar-refractivity contribution >= 4 is 5.97 Å². The largest absolute Gasteiger partial charge is 0.427 e. The Morgan fingerprint density at radius 2 is 1.93 bits per heavy atom. The second-order valence-corrected chi connectivity index (χ2v) is 3.58. The van der Waals surface area contributed by atoms with Gasteiger partial charge in [-0.15, -0.1) is 0 Å². The number of rotatable bonds is 2. The Kier molecular flexibility index (Phi) is 2.02. The highest BCUT2D eigenvalue weighted by Crippen LogP contribution is 2.49. The smallest absolute Gasteiger partial charge is 0.308 e. The molecule has 0 bridgehead atoms. The molecule has 0 radical (unpaired) electrons. The van der Waals surface area contributed by atoms with Gasteiger partial charge in [0.2, 0.25) is 0 Å². The molecule has 0 aliphatic heterocycles. The van der Waals surface area contributed by atoms with Gasteiger partial charge in [-0.3, -0.25) is 4.79 Å². The predicted molar refractivity (Wildman–Crippen MR) is 49.8 cm³/mol. The fraction of sp³-hybridized carbons (Fsp3) is 0.364. The SMILES string of the molecule is CC(=O)Oc1ccc(C2(F)CC2)cc1. The third-order valence-electron chi connectivity index (χ3n) is 2.32. The molecule has 0 N–H and O–H groups in total. The predicted octanol–water partition coefficient (Wildman–Crippen LogP) is 2.57. The topological polar surface area (TPSA) is 26.3 Å². The first kappa shape index (κ1) is 9.19. The molecule has 1 fully saturated rings. The van der Waals surface area contributed by atoms with Crippen LogP contribution in [0, 0.1) is 0 Å². The van der Waals surface area contributed by atoms with Crippen LogP contribution in [0.1, 0.15) is 25.3 Å². The van der Waals surface area contributed by atoms with Crippen LogP contribution in [0.2, 0.25) is 0 Å². The van der Waals surface area contributed by atoms with Crippen LogP contribution in [0.4, 0.5) is 4.39 Å². The summed E-state index contributed by atoms with van der Waals surface area (Å²) in [6, 6.07) is 6.59. The molecule has 0 heterocycles. The number of benzene rings is 1. The second-order valence-electron chi connectivity index (χ2n) is 3.58. The van der Waals surface area contributed by atoms with Gasteiger partial charge in [-0.25, -0.2) is 4.39 Å². The van der Waals surface area contributed by atoms with E-state index in [0.29, 0.717) is 24.2 Å². The van der Waals surface area contributed by atoms with E-state index in [2.05, 4.69) is 0 Å². The van der Waals surface area contributed by atoms with Crippen molar-refractivity contribution in [1.82, 2.24) is 0 Å². The Hall–Kier alpha value is -1.38. The van der Waals surface area contributed by atoms with Crippen LogP contribution in [0.5, 0.6) is 5.75 Å². The molecule has 3 heteroatoms. The monoisotopic (exact) mass is 194 g/mol. The highest BCUT2D eigenvalue weighted by atomic mass is 19.1. The van der Waals surface area contributed by atoms with Crippen molar-refractivity contribution in [3.05, 3.63) is 29.8 Å². The number of hydrogen-bond donors (Lipinski definition) is 0. The first-order chi connectivity index (χ1) is 6.60. The zero-order valence-corrected chi connectivity index (χ0v) is 7.92. The molecule has 14 heavy (non-hydrogen) atoms. The van der Waals surface area contributed by atoms with Gasteiger partial charge < -0.3 is 4.74 Å². The summed E-state index contributed by atoms with van der Waals surface area (Å²) < 4.78 is 18.4. The average molecular weight is 194 g/mol. The normalized spacial score (nSPS) is 17.6. The Labute approximate surface area is 81.7 Å². The third kappa shape index (κ3) is 1.76. The van der Waals surface area contributed by atoms with Crippen molar-refractivity contribution in [3.63, 3.8) is 0 Å². The van der Waals surface area contributed by atoms with Gasteiger partial charge in [0.25, 0.3) is 0 Å². The van der Waals surface area contributed by atoms with Crippen molar-refractivity contribution in [2.75, 3.05) is 0 Å². The van der Waals surface area contributed by atoms with Crippen LogP contribution in [0.3, 0.4) is 0 Å². The first-order valence-electron chi connectivity index (χ1n) is 4.58. The molecule has 74 valence electrons. The Bertz CT molecular complexity index is 352. The number of carbonyl (C=O) groups excluding carboxylic acids is 1. The van der Waals surface area contributed by atoms with E-state index in [4.69, 9.17) is 4.74 Å². The van der Waals surface area contributed by atoms with Gasteiger partial charge in [-0.2, -0.15) is 0 Å². The highest BCUT2D eigenvalue weighted by molar-refractivity contribution is 5.69. The maximum absolute atomic E-state index is 13.5. The molecule has 1 saturated carbocycles. The first-order valence-corrected chi connectivity index (χ1v) is 4.58. The minimum absolute atomic E-state index is 0.362. The van der Waals surface area contributed by atoms with Crippen molar-refractivity contribution in [2.24, 2.45) is 0 Å². The quantitative estimate of drug-likeness (QED) is 0.534. The number of alkyl halides is 1. The van der Waals surface area contributed by atoms with E-state index in [9.17, 15) is 9.18 Å². The van der Waals surface area contributed by atoms with E-state index < -0.39 is 5.67 Å². The summed E-state index contributed by atoms with van der Waals surface area (Å²) in [5, 5.41) is 0. The highest BCUT2D eigenvalue weighted by Gasteiger charge is 2.44.